The van der Waals surface area contributed by atoms with Crippen LogP contribution >= 0.6 is 23.1 Å². The molecule has 140 valence electrons. The van der Waals surface area contributed by atoms with Gasteiger partial charge in [0.25, 0.3) is 0 Å². The number of anilines is 1. The average Bonchev–Trinajstić information content (AvgIpc) is 2.97. The number of thiazole rings is 1. The molecule has 6 nitrogen and oxygen atoms in total. The van der Waals surface area contributed by atoms with Crippen molar-refractivity contribution in [2.24, 2.45) is 0 Å². The molecule has 26 heavy (non-hydrogen) atoms. The monoisotopic (exact) mass is 394 g/mol. The van der Waals surface area contributed by atoms with E-state index >= 15 is 0 Å². The average molecular weight is 395 g/mol. The molecule has 1 aromatic carbocycles. The van der Waals surface area contributed by atoms with Crippen LogP contribution in [-0.2, 0) is 4.79 Å². The quantitative estimate of drug-likeness (QED) is 0.390. The van der Waals surface area contributed by atoms with Crippen LogP contribution in [0.3, 0.4) is 0 Å². The number of ketones is 1. The van der Waals surface area contributed by atoms with Crippen LogP contribution in [0.25, 0.3) is 0 Å². The molecule has 2 rings (SSSR count). The summed E-state index contributed by atoms with van der Waals surface area (Å²) in [7, 11) is 1.53. The highest BCUT2D eigenvalue weighted by atomic mass is 32.2. The van der Waals surface area contributed by atoms with Crippen LogP contribution in [0.15, 0.2) is 22.4 Å². The minimum absolute atomic E-state index is 0.0337. The van der Waals surface area contributed by atoms with Crippen molar-refractivity contribution in [3.8, 4) is 11.5 Å². The number of nitrogens with one attached hydrogen (secondary N) is 1. The zero-order chi connectivity index (χ0) is 19.1. The first-order chi connectivity index (χ1) is 12.4. The number of aryl methyl sites for hydroxylation is 1. The summed E-state index contributed by atoms with van der Waals surface area (Å²) in [4.78, 5) is 27.7. The Bertz CT molecular complexity index is 789. The second-order valence-electron chi connectivity index (χ2n) is 5.52. The zero-order valence-electron chi connectivity index (χ0n) is 15.3. The van der Waals surface area contributed by atoms with E-state index in [0.717, 1.165) is 9.90 Å². The van der Waals surface area contributed by atoms with Crippen LogP contribution in [0.5, 0.6) is 11.5 Å². The minimum Gasteiger partial charge on any atom is -0.493 e. The summed E-state index contributed by atoms with van der Waals surface area (Å²) >= 11 is 3.10. The third-order valence-corrected chi connectivity index (χ3v) is 5.85. The van der Waals surface area contributed by atoms with Gasteiger partial charge < -0.3 is 14.8 Å². The number of aromatic nitrogens is 1. The van der Waals surface area contributed by atoms with E-state index in [0.29, 0.717) is 41.6 Å². The highest BCUT2D eigenvalue weighted by Gasteiger charge is 2.11. The number of rotatable bonds is 9. The molecule has 0 aliphatic carbocycles. The van der Waals surface area contributed by atoms with Crippen molar-refractivity contribution in [2.45, 2.75) is 30.9 Å². The number of carbonyl (C=O) groups is 2. The Morgan fingerprint density at radius 2 is 2.08 bits per heavy atom. The van der Waals surface area contributed by atoms with Gasteiger partial charge in [-0.1, -0.05) is 11.3 Å². The van der Waals surface area contributed by atoms with Crippen LogP contribution in [0.1, 0.15) is 35.8 Å². The predicted octanol–water partition coefficient (Wildman–Crippen LogP) is 4.18. The minimum atomic E-state index is -0.0890. The lowest BCUT2D eigenvalue weighted by atomic mass is 10.1. The summed E-state index contributed by atoms with van der Waals surface area (Å²) < 4.78 is 12.0. The number of Topliss-reactive ketones (excluding diaryl/α,β-unsaturated/α-hetero) is 1. The molecule has 0 bridgehead atoms. The van der Waals surface area contributed by atoms with E-state index in [-0.39, 0.29) is 11.7 Å². The molecule has 0 radical (unpaired) electrons. The fourth-order valence-electron chi connectivity index (χ4n) is 2.23. The number of thioether (sulfide) groups is 1. The smallest absolute Gasteiger partial charge is 0.226 e. The molecule has 1 aromatic heterocycles. The van der Waals surface area contributed by atoms with E-state index in [9.17, 15) is 9.59 Å². The van der Waals surface area contributed by atoms with E-state index in [1.54, 1.807) is 30.0 Å². The maximum absolute atomic E-state index is 12.0. The summed E-state index contributed by atoms with van der Waals surface area (Å²) in [5, 5.41) is 3.44. The van der Waals surface area contributed by atoms with Gasteiger partial charge in [-0.2, -0.15) is 0 Å². The number of nitrogens with zero attached hydrogens (tertiary/aromatic N) is 1. The molecule has 2 aromatic rings. The van der Waals surface area contributed by atoms with E-state index in [1.165, 1.54) is 25.4 Å². The summed E-state index contributed by atoms with van der Waals surface area (Å²) in [6.45, 7) is 3.80. The highest BCUT2D eigenvalue weighted by molar-refractivity contribution is 8.00. The van der Waals surface area contributed by atoms with Crippen LogP contribution in [0.2, 0.25) is 0 Å². The molecule has 0 saturated carbocycles. The summed E-state index contributed by atoms with van der Waals surface area (Å²) in [6, 6.07) is 5.05. The van der Waals surface area contributed by atoms with Gasteiger partial charge in [0.15, 0.2) is 22.4 Å². The van der Waals surface area contributed by atoms with Gasteiger partial charge in [-0.05, 0) is 44.7 Å². The Morgan fingerprint density at radius 1 is 1.31 bits per heavy atom. The number of methoxy groups -OCH3 is 1. The second kappa shape index (κ2) is 9.59. The first-order valence-electron chi connectivity index (χ1n) is 8.07. The van der Waals surface area contributed by atoms with Crippen LogP contribution in [-0.4, -0.2) is 36.6 Å². The van der Waals surface area contributed by atoms with Gasteiger partial charge in [-0.3, -0.25) is 9.59 Å². The SMILES string of the molecule is COc1cc(C(C)=O)ccc1OCCCC(=O)Nc1nc(C)c(SC)s1. The van der Waals surface area contributed by atoms with Gasteiger partial charge in [0.2, 0.25) is 5.91 Å². The van der Waals surface area contributed by atoms with Gasteiger partial charge in [0.1, 0.15) is 0 Å². The van der Waals surface area contributed by atoms with Crippen molar-refractivity contribution in [3.63, 3.8) is 0 Å². The third-order valence-electron chi connectivity index (χ3n) is 3.56. The maximum atomic E-state index is 12.0. The van der Waals surface area contributed by atoms with Crippen molar-refractivity contribution >= 4 is 39.9 Å². The van der Waals surface area contributed by atoms with Crippen molar-refractivity contribution < 1.29 is 19.1 Å². The van der Waals surface area contributed by atoms with Gasteiger partial charge in [0, 0.05) is 12.0 Å². The van der Waals surface area contributed by atoms with Crippen LogP contribution in [0, 0.1) is 6.92 Å². The van der Waals surface area contributed by atoms with Crippen molar-refractivity contribution in [1.82, 2.24) is 4.98 Å². The van der Waals surface area contributed by atoms with E-state index in [1.807, 2.05) is 13.2 Å². The highest BCUT2D eigenvalue weighted by Crippen LogP contribution is 2.30. The van der Waals surface area contributed by atoms with Gasteiger partial charge in [-0.15, -0.1) is 11.8 Å². The topological polar surface area (TPSA) is 77.5 Å². The molecule has 0 aliphatic heterocycles. The predicted molar refractivity (Wildman–Crippen MR) is 105 cm³/mol. The number of amides is 1. The molecule has 0 unspecified atom stereocenters. The lowest BCUT2D eigenvalue weighted by Crippen LogP contribution is -2.12. The lowest BCUT2D eigenvalue weighted by Gasteiger charge is -2.11. The Kier molecular flexibility index (Phi) is 7.47. The summed E-state index contributed by atoms with van der Waals surface area (Å²) in [5.74, 6) is 0.936. The third kappa shape index (κ3) is 5.47. The molecule has 0 aliphatic rings. The number of hydrogen-bond donors (Lipinski definition) is 1. The van der Waals surface area contributed by atoms with Crippen molar-refractivity contribution in [3.05, 3.63) is 29.5 Å². The fraction of sp³-hybridized carbons (Fsp3) is 0.389. The van der Waals surface area contributed by atoms with E-state index < -0.39 is 0 Å². The lowest BCUT2D eigenvalue weighted by molar-refractivity contribution is -0.116. The second-order valence-corrected chi connectivity index (χ2v) is 7.59. The molecule has 0 spiro atoms. The molecule has 0 saturated heterocycles. The first-order valence-corrected chi connectivity index (χ1v) is 10.1. The normalized spacial score (nSPS) is 10.5. The molecular weight excluding hydrogens is 372 g/mol. The maximum Gasteiger partial charge on any atom is 0.226 e. The van der Waals surface area contributed by atoms with Crippen LogP contribution in [0.4, 0.5) is 5.13 Å². The van der Waals surface area contributed by atoms with Gasteiger partial charge >= 0.3 is 0 Å². The first kappa shape index (κ1) is 20.3. The molecular formula is C18H22N2O4S2. The molecule has 1 N–H and O–H groups in total. The standard InChI is InChI=1S/C18H22N2O4S2/c1-11-17(25-4)26-18(19-11)20-16(22)6-5-9-24-14-8-7-13(12(2)21)10-15(14)23-3/h7-8,10H,5-6,9H2,1-4H3,(H,19,20,22). The Hall–Kier alpha value is -2.06. The van der Waals surface area contributed by atoms with Crippen LogP contribution < -0.4 is 14.8 Å². The molecule has 1 amide bonds. The number of ether oxygens (including phenoxy) is 2. The van der Waals surface area contributed by atoms with E-state index in [4.69, 9.17) is 9.47 Å². The zero-order valence-corrected chi connectivity index (χ0v) is 16.9. The van der Waals surface area contributed by atoms with Crippen molar-refractivity contribution in [2.75, 3.05) is 25.3 Å². The summed E-state index contributed by atoms with van der Waals surface area (Å²) in [5.41, 5.74) is 1.50. The number of hydrogen-bond acceptors (Lipinski definition) is 7. The number of benzene rings is 1. The largest absolute Gasteiger partial charge is 0.493 e. The molecule has 0 fully saturated rings. The van der Waals surface area contributed by atoms with E-state index in [2.05, 4.69) is 10.3 Å². The van der Waals surface area contributed by atoms with Gasteiger partial charge in [-0.25, -0.2) is 4.98 Å². The Labute approximate surface area is 161 Å². The summed E-state index contributed by atoms with van der Waals surface area (Å²) in [6.07, 6.45) is 2.88. The Balaban J connectivity index is 1.81. The molecule has 8 heteroatoms. The van der Waals surface area contributed by atoms with Crippen molar-refractivity contribution in [1.29, 1.82) is 0 Å². The fourth-order valence-corrected chi connectivity index (χ4v) is 3.86. The molecule has 0 atom stereocenters. The molecule has 1 heterocycles. The Morgan fingerprint density at radius 3 is 2.69 bits per heavy atom. The number of carbonyl (C=O) groups excluding carboxylic acids is 2. The van der Waals surface area contributed by atoms with Gasteiger partial charge in [0.05, 0.1) is 23.6 Å².